The van der Waals surface area contributed by atoms with Gasteiger partial charge in [-0.15, -0.1) is 0 Å². The first-order valence-electron chi connectivity index (χ1n) is 10.0. The van der Waals surface area contributed by atoms with E-state index in [0.29, 0.717) is 16.9 Å². The van der Waals surface area contributed by atoms with Crippen LogP contribution in [0, 0.1) is 11.8 Å². The maximum Gasteiger partial charge on any atom is 0.227 e. The fraction of sp³-hybridized carbons (Fsp3) is 0.333. The van der Waals surface area contributed by atoms with Crippen molar-refractivity contribution in [3.63, 3.8) is 0 Å². The lowest BCUT2D eigenvalue weighted by atomic mass is 9.74. The largest absolute Gasteiger partial charge is 0.326 e. The third-order valence-corrected chi connectivity index (χ3v) is 6.34. The van der Waals surface area contributed by atoms with Crippen LogP contribution in [0.25, 0.3) is 10.9 Å². The second kappa shape index (κ2) is 8.32. The molecule has 2 aromatic carbocycles. The van der Waals surface area contributed by atoms with Crippen molar-refractivity contribution in [2.75, 3.05) is 5.32 Å². The Morgan fingerprint density at radius 3 is 2.54 bits per heavy atom. The fourth-order valence-corrected chi connectivity index (χ4v) is 4.39. The molecule has 1 unspecified atom stereocenters. The fourth-order valence-electron chi connectivity index (χ4n) is 4.27. The Bertz CT molecular complexity index is 962. The first-order chi connectivity index (χ1) is 13.6. The van der Waals surface area contributed by atoms with E-state index in [0.717, 1.165) is 36.9 Å². The lowest BCUT2D eigenvalue weighted by molar-refractivity contribution is -0.121. The van der Waals surface area contributed by atoms with Crippen molar-refractivity contribution in [2.24, 2.45) is 11.8 Å². The maximum atomic E-state index is 12.6. The summed E-state index contributed by atoms with van der Waals surface area (Å²) < 4.78 is 0. The van der Waals surface area contributed by atoms with Gasteiger partial charge in [0, 0.05) is 28.2 Å². The average molecular weight is 393 g/mol. The number of amides is 1. The van der Waals surface area contributed by atoms with Gasteiger partial charge in [0.25, 0.3) is 0 Å². The Hall–Kier alpha value is -2.39. The van der Waals surface area contributed by atoms with E-state index in [4.69, 9.17) is 11.6 Å². The number of rotatable bonds is 4. The number of aromatic nitrogens is 1. The molecule has 3 nitrogen and oxygen atoms in total. The first-order valence-corrected chi connectivity index (χ1v) is 10.4. The van der Waals surface area contributed by atoms with Gasteiger partial charge in [0.05, 0.1) is 5.52 Å². The first kappa shape index (κ1) is 18.9. The molecule has 1 atom stereocenters. The Kier molecular flexibility index (Phi) is 5.63. The predicted octanol–water partition coefficient (Wildman–Crippen LogP) is 6.44. The number of hydrogen-bond donors (Lipinski definition) is 1. The summed E-state index contributed by atoms with van der Waals surface area (Å²) in [5.41, 5.74) is 3.18. The number of hydrogen-bond acceptors (Lipinski definition) is 2. The van der Waals surface area contributed by atoms with Crippen molar-refractivity contribution < 1.29 is 4.79 Å². The monoisotopic (exact) mass is 392 g/mol. The molecule has 1 saturated carbocycles. The van der Waals surface area contributed by atoms with Gasteiger partial charge in [-0.05, 0) is 79.5 Å². The van der Waals surface area contributed by atoms with Crippen LogP contribution in [0.3, 0.4) is 0 Å². The second-order valence-corrected chi connectivity index (χ2v) is 8.29. The SMILES string of the molecule is CC(C(=O)Nc1ccc(Cl)cc1)[C@H]1CC[C@@H](c2cnc3ccccc3c2)CC1. The van der Waals surface area contributed by atoms with Gasteiger partial charge < -0.3 is 5.32 Å². The highest BCUT2D eigenvalue weighted by molar-refractivity contribution is 6.30. The third-order valence-electron chi connectivity index (χ3n) is 6.09. The molecule has 0 radical (unpaired) electrons. The Morgan fingerprint density at radius 1 is 1.07 bits per heavy atom. The molecular formula is C24H25ClN2O. The van der Waals surface area contributed by atoms with Gasteiger partial charge in [-0.1, -0.05) is 36.7 Å². The molecule has 3 aromatic rings. The van der Waals surface area contributed by atoms with E-state index in [1.54, 1.807) is 12.1 Å². The summed E-state index contributed by atoms with van der Waals surface area (Å²) in [6, 6.07) is 17.8. The van der Waals surface area contributed by atoms with Crippen molar-refractivity contribution in [3.05, 3.63) is 71.4 Å². The van der Waals surface area contributed by atoms with Crippen LogP contribution in [0.5, 0.6) is 0 Å². The topological polar surface area (TPSA) is 42.0 Å². The van der Waals surface area contributed by atoms with E-state index in [9.17, 15) is 4.79 Å². The summed E-state index contributed by atoms with van der Waals surface area (Å²) in [4.78, 5) is 17.3. The molecule has 1 aliphatic carbocycles. The van der Waals surface area contributed by atoms with Crippen LogP contribution >= 0.6 is 11.6 Å². The maximum absolute atomic E-state index is 12.6. The summed E-state index contributed by atoms with van der Waals surface area (Å²) in [5, 5.41) is 4.90. The molecule has 0 bridgehead atoms. The van der Waals surface area contributed by atoms with Gasteiger partial charge >= 0.3 is 0 Å². The summed E-state index contributed by atoms with van der Waals surface area (Å²) in [6.07, 6.45) is 6.41. The number of carbonyl (C=O) groups is 1. The highest BCUT2D eigenvalue weighted by atomic mass is 35.5. The molecule has 0 saturated heterocycles. The molecule has 1 aromatic heterocycles. The number of carbonyl (C=O) groups excluding carboxylic acids is 1. The van der Waals surface area contributed by atoms with Crippen LogP contribution in [0.1, 0.15) is 44.1 Å². The van der Waals surface area contributed by atoms with Gasteiger partial charge in [-0.2, -0.15) is 0 Å². The zero-order chi connectivity index (χ0) is 19.5. The predicted molar refractivity (Wildman–Crippen MR) is 116 cm³/mol. The minimum Gasteiger partial charge on any atom is -0.326 e. The van der Waals surface area contributed by atoms with Crippen LogP contribution in [0.15, 0.2) is 60.8 Å². The molecule has 4 rings (SSSR count). The number of fused-ring (bicyclic) bond motifs is 1. The van der Waals surface area contributed by atoms with E-state index in [2.05, 4.69) is 34.6 Å². The minimum absolute atomic E-state index is 0.00589. The zero-order valence-corrected chi connectivity index (χ0v) is 16.8. The van der Waals surface area contributed by atoms with Gasteiger partial charge in [0.2, 0.25) is 5.91 Å². The molecule has 0 aliphatic heterocycles. The van der Waals surface area contributed by atoms with E-state index in [1.165, 1.54) is 10.9 Å². The Labute approximate surface area is 171 Å². The third kappa shape index (κ3) is 4.20. The minimum atomic E-state index is 0.00589. The van der Waals surface area contributed by atoms with E-state index in [1.807, 2.05) is 31.3 Å². The number of pyridine rings is 1. The summed E-state index contributed by atoms with van der Waals surface area (Å²) >= 11 is 5.91. The zero-order valence-electron chi connectivity index (χ0n) is 16.1. The standard InChI is InChI=1S/C24H25ClN2O/c1-16(24(28)27-22-12-10-21(25)11-13-22)17-6-8-18(9-7-17)20-14-19-4-2-3-5-23(19)26-15-20/h2-5,10-18H,6-9H2,1H3,(H,27,28)/t16?,17-,18+. The molecule has 1 aliphatic rings. The van der Waals surface area contributed by atoms with Crippen LogP contribution in [0.4, 0.5) is 5.69 Å². The molecule has 0 spiro atoms. The summed E-state index contributed by atoms with van der Waals surface area (Å²) in [6.45, 7) is 2.05. The van der Waals surface area contributed by atoms with Gasteiger partial charge in [-0.3, -0.25) is 9.78 Å². The van der Waals surface area contributed by atoms with Crippen molar-refractivity contribution in [1.29, 1.82) is 0 Å². The number of nitrogens with zero attached hydrogens (tertiary/aromatic N) is 1. The quantitative estimate of drug-likeness (QED) is 0.555. The number of nitrogens with one attached hydrogen (secondary N) is 1. The summed E-state index contributed by atoms with van der Waals surface area (Å²) in [5.74, 6) is 1.07. The normalized spacial score (nSPS) is 20.6. The highest BCUT2D eigenvalue weighted by Crippen LogP contribution is 2.39. The van der Waals surface area contributed by atoms with Crippen molar-refractivity contribution in [1.82, 2.24) is 4.98 Å². The van der Waals surface area contributed by atoms with Crippen molar-refractivity contribution in [2.45, 2.75) is 38.5 Å². The van der Waals surface area contributed by atoms with Gasteiger partial charge in [-0.25, -0.2) is 0 Å². The number of halogens is 1. The molecular weight excluding hydrogens is 368 g/mol. The smallest absolute Gasteiger partial charge is 0.227 e. The lowest BCUT2D eigenvalue weighted by Crippen LogP contribution is -2.29. The highest BCUT2D eigenvalue weighted by Gasteiger charge is 2.29. The van der Waals surface area contributed by atoms with Crippen LogP contribution in [0.2, 0.25) is 5.02 Å². The number of anilines is 1. The molecule has 1 fully saturated rings. The molecule has 1 N–H and O–H groups in total. The van der Waals surface area contributed by atoms with Gasteiger partial charge in [0.1, 0.15) is 0 Å². The van der Waals surface area contributed by atoms with Crippen LogP contribution in [-0.4, -0.2) is 10.9 Å². The Morgan fingerprint density at radius 2 is 1.79 bits per heavy atom. The van der Waals surface area contributed by atoms with E-state index in [-0.39, 0.29) is 11.8 Å². The molecule has 28 heavy (non-hydrogen) atoms. The summed E-state index contributed by atoms with van der Waals surface area (Å²) in [7, 11) is 0. The van der Waals surface area contributed by atoms with Crippen LogP contribution < -0.4 is 5.32 Å². The van der Waals surface area contributed by atoms with Crippen LogP contribution in [-0.2, 0) is 4.79 Å². The number of benzene rings is 2. The lowest BCUT2D eigenvalue weighted by Gasteiger charge is -2.32. The van der Waals surface area contributed by atoms with E-state index < -0.39 is 0 Å². The molecule has 144 valence electrons. The second-order valence-electron chi connectivity index (χ2n) is 7.86. The average Bonchev–Trinajstić information content (AvgIpc) is 2.74. The molecule has 1 amide bonds. The van der Waals surface area contributed by atoms with E-state index >= 15 is 0 Å². The Balaban J connectivity index is 1.36. The molecule has 1 heterocycles. The molecule has 4 heteroatoms. The number of para-hydroxylation sites is 1. The van der Waals surface area contributed by atoms with Crippen molar-refractivity contribution in [3.8, 4) is 0 Å². The van der Waals surface area contributed by atoms with Crippen molar-refractivity contribution >= 4 is 34.1 Å². The van der Waals surface area contributed by atoms with Gasteiger partial charge in [0.15, 0.2) is 0 Å².